The number of carbonyl (C=O) groups is 1. The van der Waals surface area contributed by atoms with E-state index < -0.39 is 0 Å². The van der Waals surface area contributed by atoms with Crippen molar-refractivity contribution in [2.24, 2.45) is 5.92 Å². The number of likely N-dealkylation sites (tertiary alicyclic amines) is 1. The predicted octanol–water partition coefficient (Wildman–Crippen LogP) is 5.19. The molecule has 1 amide bonds. The van der Waals surface area contributed by atoms with Gasteiger partial charge >= 0.3 is 0 Å². The Kier molecular flexibility index (Phi) is 5.09. The van der Waals surface area contributed by atoms with E-state index in [0.717, 1.165) is 30.6 Å². The van der Waals surface area contributed by atoms with E-state index in [2.05, 4.69) is 17.0 Å². The standard InChI is InChI=1S/C26H25FN2O/c27-22-13-11-20(12-14-22)24-17-21-15-16-28(23-9-5-2-6-10-23)26(30)25(21)29(24)18-19-7-3-1-4-8-19/h1-14,21,24-25H,15-18H2/t21-,24+,25+/m0/s1. The summed E-state index contributed by atoms with van der Waals surface area (Å²) >= 11 is 0. The number of anilines is 1. The maximum atomic E-state index is 13.7. The molecule has 0 N–H and O–H groups in total. The summed E-state index contributed by atoms with van der Waals surface area (Å²) in [6.45, 7) is 1.46. The number of hydrogen-bond donors (Lipinski definition) is 0. The van der Waals surface area contributed by atoms with Crippen LogP contribution in [0.4, 0.5) is 10.1 Å². The Morgan fingerprint density at radius 2 is 1.53 bits per heavy atom. The van der Waals surface area contributed by atoms with Crippen LogP contribution in [-0.4, -0.2) is 23.4 Å². The van der Waals surface area contributed by atoms with Crippen molar-refractivity contribution in [2.45, 2.75) is 31.5 Å². The molecule has 2 fully saturated rings. The minimum atomic E-state index is -0.227. The Hall–Kier alpha value is -2.98. The molecule has 0 bridgehead atoms. The molecule has 3 aromatic carbocycles. The first-order chi connectivity index (χ1) is 14.7. The number of piperidine rings is 1. The van der Waals surface area contributed by atoms with Crippen LogP contribution in [0.25, 0.3) is 0 Å². The van der Waals surface area contributed by atoms with Crippen LogP contribution < -0.4 is 4.90 Å². The van der Waals surface area contributed by atoms with Crippen LogP contribution in [-0.2, 0) is 11.3 Å². The summed E-state index contributed by atoms with van der Waals surface area (Å²) in [6, 6.07) is 27.0. The lowest BCUT2D eigenvalue weighted by atomic mass is 9.89. The average molecular weight is 400 g/mol. The van der Waals surface area contributed by atoms with Crippen molar-refractivity contribution in [1.29, 1.82) is 0 Å². The lowest BCUT2D eigenvalue weighted by molar-refractivity contribution is -0.126. The molecule has 152 valence electrons. The van der Waals surface area contributed by atoms with Crippen molar-refractivity contribution in [3.63, 3.8) is 0 Å². The highest BCUT2D eigenvalue weighted by molar-refractivity contribution is 5.98. The number of fused-ring (bicyclic) bond motifs is 1. The van der Waals surface area contributed by atoms with Crippen LogP contribution in [0.1, 0.15) is 30.0 Å². The number of halogens is 1. The molecule has 2 saturated heterocycles. The van der Waals surface area contributed by atoms with Crippen molar-refractivity contribution < 1.29 is 9.18 Å². The fourth-order valence-corrected chi connectivity index (χ4v) is 5.08. The number of benzene rings is 3. The second-order valence-corrected chi connectivity index (χ2v) is 8.28. The van der Waals surface area contributed by atoms with Crippen molar-refractivity contribution >= 4 is 11.6 Å². The zero-order valence-electron chi connectivity index (χ0n) is 16.8. The highest BCUT2D eigenvalue weighted by Gasteiger charge is 2.49. The highest BCUT2D eigenvalue weighted by Crippen LogP contribution is 2.45. The monoisotopic (exact) mass is 400 g/mol. The molecule has 3 nitrogen and oxygen atoms in total. The van der Waals surface area contributed by atoms with E-state index in [0.29, 0.717) is 12.5 Å². The molecule has 3 aromatic rings. The smallest absolute Gasteiger partial charge is 0.244 e. The first-order valence-corrected chi connectivity index (χ1v) is 10.6. The van der Waals surface area contributed by atoms with Gasteiger partial charge in [0.15, 0.2) is 0 Å². The van der Waals surface area contributed by atoms with Gasteiger partial charge in [-0.1, -0.05) is 60.7 Å². The summed E-state index contributed by atoms with van der Waals surface area (Å²) < 4.78 is 13.5. The fourth-order valence-electron chi connectivity index (χ4n) is 5.08. The molecule has 2 heterocycles. The highest BCUT2D eigenvalue weighted by atomic mass is 19.1. The number of rotatable bonds is 4. The van der Waals surface area contributed by atoms with Gasteiger partial charge in [0, 0.05) is 24.8 Å². The maximum absolute atomic E-state index is 13.7. The van der Waals surface area contributed by atoms with Crippen LogP contribution in [0.15, 0.2) is 84.9 Å². The maximum Gasteiger partial charge on any atom is 0.244 e. The number of hydrogen-bond acceptors (Lipinski definition) is 2. The lowest BCUT2D eigenvalue weighted by Gasteiger charge is -2.38. The molecule has 0 aliphatic carbocycles. The molecule has 30 heavy (non-hydrogen) atoms. The van der Waals surface area contributed by atoms with Gasteiger partial charge in [0.2, 0.25) is 5.91 Å². The zero-order chi connectivity index (χ0) is 20.5. The van der Waals surface area contributed by atoms with Crippen molar-refractivity contribution in [3.8, 4) is 0 Å². The molecule has 0 saturated carbocycles. The van der Waals surface area contributed by atoms with Gasteiger partial charge in [-0.3, -0.25) is 9.69 Å². The molecule has 5 rings (SSSR count). The van der Waals surface area contributed by atoms with Crippen LogP contribution in [0.2, 0.25) is 0 Å². The van der Waals surface area contributed by atoms with Crippen LogP contribution in [0.3, 0.4) is 0 Å². The summed E-state index contributed by atoms with van der Waals surface area (Å²) in [6.07, 6.45) is 1.91. The average Bonchev–Trinajstić information content (AvgIpc) is 3.15. The van der Waals surface area contributed by atoms with Gasteiger partial charge in [-0.15, -0.1) is 0 Å². The molecule has 0 spiro atoms. The van der Waals surface area contributed by atoms with E-state index in [9.17, 15) is 9.18 Å². The van der Waals surface area contributed by atoms with E-state index in [1.807, 2.05) is 65.6 Å². The summed E-state index contributed by atoms with van der Waals surface area (Å²) in [5, 5.41) is 0. The quantitative estimate of drug-likeness (QED) is 0.601. The summed E-state index contributed by atoms with van der Waals surface area (Å²) in [7, 11) is 0. The van der Waals surface area contributed by atoms with E-state index >= 15 is 0 Å². The summed E-state index contributed by atoms with van der Waals surface area (Å²) in [5.74, 6) is 0.268. The third-order valence-corrected chi connectivity index (χ3v) is 6.50. The normalized spacial score (nSPS) is 24.1. The summed E-state index contributed by atoms with van der Waals surface area (Å²) in [4.78, 5) is 17.9. The van der Waals surface area contributed by atoms with E-state index in [-0.39, 0.29) is 23.8 Å². The first kappa shape index (κ1) is 19.0. The number of carbonyl (C=O) groups excluding carboxylic acids is 1. The van der Waals surface area contributed by atoms with E-state index in [1.54, 1.807) is 0 Å². The molecule has 0 aromatic heterocycles. The fraction of sp³-hybridized carbons (Fsp3) is 0.269. The molecule has 3 atom stereocenters. The van der Waals surface area contributed by atoms with Crippen LogP contribution >= 0.6 is 0 Å². The van der Waals surface area contributed by atoms with E-state index in [1.165, 1.54) is 17.7 Å². The van der Waals surface area contributed by atoms with Crippen molar-refractivity contribution in [3.05, 3.63) is 102 Å². The second kappa shape index (κ2) is 8.04. The number of para-hydroxylation sites is 1. The lowest BCUT2D eigenvalue weighted by Crippen LogP contribution is -2.53. The van der Waals surface area contributed by atoms with Crippen molar-refractivity contribution in [1.82, 2.24) is 4.90 Å². The third-order valence-electron chi connectivity index (χ3n) is 6.50. The molecule has 4 heteroatoms. The van der Waals surface area contributed by atoms with Gasteiger partial charge in [-0.05, 0) is 54.2 Å². The Morgan fingerprint density at radius 1 is 0.867 bits per heavy atom. The number of amides is 1. The Morgan fingerprint density at radius 3 is 2.23 bits per heavy atom. The Bertz CT molecular complexity index is 1010. The van der Waals surface area contributed by atoms with Gasteiger partial charge in [0.25, 0.3) is 0 Å². The molecular weight excluding hydrogens is 375 g/mol. The van der Waals surface area contributed by atoms with E-state index in [4.69, 9.17) is 0 Å². The largest absolute Gasteiger partial charge is 0.311 e. The van der Waals surface area contributed by atoms with Gasteiger partial charge in [-0.25, -0.2) is 4.39 Å². The molecule has 0 unspecified atom stereocenters. The minimum Gasteiger partial charge on any atom is -0.311 e. The SMILES string of the molecule is O=C1[C@H]2[C@@H](CCN1c1ccccc1)C[C@H](c1ccc(F)cc1)N2Cc1ccccc1. The molecule has 0 radical (unpaired) electrons. The van der Waals surface area contributed by atoms with Gasteiger partial charge in [-0.2, -0.15) is 0 Å². The van der Waals surface area contributed by atoms with Gasteiger partial charge in [0.1, 0.15) is 5.82 Å². The minimum absolute atomic E-state index is 0.112. The van der Waals surface area contributed by atoms with Crippen LogP contribution in [0, 0.1) is 11.7 Å². The van der Waals surface area contributed by atoms with Gasteiger partial charge < -0.3 is 4.90 Å². The number of nitrogens with zero attached hydrogens (tertiary/aromatic N) is 2. The predicted molar refractivity (Wildman–Crippen MR) is 116 cm³/mol. The topological polar surface area (TPSA) is 23.6 Å². The molecule has 2 aliphatic heterocycles. The zero-order valence-corrected chi connectivity index (χ0v) is 16.8. The Balaban J connectivity index is 1.50. The van der Waals surface area contributed by atoms with Crippen LogP contribution in [0.5, 0.6) is 0 Å². The summed E-state index contributed by atoms with van der Waals surface area (Å²) in [5.41, 5.74) is 3.24. The molecule has 2 aliphatic rings. The van der Waals surface area contributed by atoms with Gasteiger partial charge in [0.05, 0.1) is 6.04 Å². The van der Waals surface area contributed by atoms with Crippen molar-refractivity contribution in [2.75, 3.05) is 11.4 Å². The molecular formula is C26H25FN2O. The second-order valence-electron chi connectivity index (χ2n) is 8.28. The third kappa shape index (κ3) is 3.52. The first-order valence-electron chi connectivity index (χ1n) is 10.6. The Labute approximate surface area is 176 Å².